The lowest BCUT2D eigenvalue weighted by atomic mass is 9.96. The van der Waals surface area contributed by atoms with Crippen LogP contribution in [0.4, 0.5) is 0 Å². The van der Waals surface area contributed by atoms with Gasteiger partial charge in [0.25, 0.3) is 0 Å². The zero-order valence-corrected chi connectivity index (χ0v) is 30.2. The topological polar surface area (TPSA) is 56.7 Å². The van der Waals surface area contributed by atoms with Gasteiger partial charge in [0.05, 0.1) is 11.0 Å². The number of fused-ring (bicyclic) bond motifs is 6. The van der Waals surface area contributed by atoms with Crippen LogP contribution in [-0.4, -0.2) is 19.5 Å². The van der Waals surface area contributed by atoms with Crippen LogP contribution in [0.25, 0.3) is 106 Å². The van der Waals surface area contributed by atoms with Crippen LogP contribution in [0.5, 0.6) is 0 Å². The van der Waals surface area contributed by atoms with Crippen LogP contribution >= 0.6 is 0 Å². The standard InChI is InChI=1S/C51H32N4O/c1-4-13-35(14-5-1)49-52-50(36-15-6-2-7-16-36)54-51(53-49)38-27-29-42-47(32-38)56-46-22-12-20-40(48(42)46)34-25-23-33(24-26-34)37-28-30-45-43(31-37)41-19-10-11-21-44(41)55(45)39-17-8-3-9-18-39/h1-32H. The minimum absolute atomic E-state index is 0.596. The number of benzene rings is 8. The predicted octanol–water partition coefficient (Wildman–Crippen LogP) is 13.2. The number of para-hydroxylation sites is 2. The van der Waals surface area contributed by atoms with Crippen LogP contribution in [0.2, 0.25) is 0 Å². The van der Waals surface area contributed by atoms with Gasteiger partial charge in [0, 0.05) is 43.9 Å². The average molecular weight is 717 g/mol. The Morgan fingerprint density at radius 1 is 0.339 bits per heavy atom. The molecule has 5 heteroatoms. The van der Waals surface area contributed by atoms with E-state index in [0.29, 0.717) is 17.5 Å². The van der Waals surface area contributed by atoms with Crippen molar-refractivity contribution in [1.82, 2.24) is 19.5 Å². The van der Waals surface area contributed by atoms with Gasteiger partial charge in [-0.1, -0.05) is 146 Å². The molecule has 3 heterocycles. The Bertz CT molecular complexity index is 3160. The van der Waals surface area contributed by atoms with Gasteiger partial charge in [-0.25, -0.2) is 15.0 Å². The molecule has 0 amide bonds. The van der Waals surface area contributed by atoms with Gasteiger partial charge in [0.1, 0.15) is 11.2 Å². The van der Waals surface area contributed by atoms with Crippen LogP contribution < -0.4 is 0 Å². The van der Waals surface area contributed by atoms with Crippen LogP contribution in [0.1, 0.15) is 0 Å². The van der Waals surface area contributed by atoms with Gasteiger partial charge in [0.2, 0.25) is 0 Å². The third-order valence-corrected chi connectivity index (χ3v) is 10.7. The fraction of sp³-hybridized carbons (Fsp3) is 0. The molecule has 8 aromatic carbocycles. The fourth-order valence-electron chi connectivity index (χ4n) is 7.99. The predicted molar refractivity (Wildman–Crippen MR) is 229 cm³/mol. The van der Waals surface area contributed by atoms with E-state index in [0.717, 1.165) is 55.4 Å². The maximum Gasteiger partial charge on any atom is 0.164 e. The largest absolute Gasteiger partial charge is 0.456 e. The fourth-order valence-corrected chi connectivity index (χ4v) is 7.99. The van der Waals surface area contributed by atoms with Gasteiger partial charge in [-0.2, -0.15) is 0 Å². The van der Waals surface area contributed by atoms with Crippen molar-refractivity contribution in [1.29, 1.82) is 0 Å². The number of nitrogens with zero attached hydrogens (tertiary/aromatic N) is 4. The molecule has 0 unspecified atom stereocenters. The summed E-state index contributed by atoms with van der Waals surface area (Å²) >= 11 is 0. The van der Waals surface area contributed by atoms with Gasteiger partial charge in [-0.3, -0.25) is 0 Å². The molecule has 0 fully saturated rings. The van der Waals surface area contributed by atoms with Crippen LogP contribution in [-0.2, 0) is 0 Å². The minimum atomic E-state index is 0.596. The molecule has 0 bridgehead atoms. The maximum absolute atomic E-state index is 6.54. The summed E-state index contributed by atoms with van der Waals surface area (Å²) in [5, 5.41) is 4.62. The molecular weight excluding hydrogens is 685 g/mol. The van der Waals surface area contributed by atoms with Crippen molar-refractivity contribution in [2.45, 2.75) is 0 Å². The van der Waals surface area contributed by atoms with E-state index in [1.165, 1.54) is 32.9 Å². The molecule has 0 atom stereocenters. The summed E-state index contributed by atoms with van der Waals surface area (Å²) in [6.45, 7) is 0. The highest BCUT2D eigenvalue weighted by Gasteiger charge is 2.17. The molecule has 56 heavy (non-hydrogen) atoms. The third kappa shape index (κ3) is 5.37. The van der Waals surface area contributed by atoms with Gasteiger partial charge in [-0.15, -0.1) is 0 Å². The van der Waals surface area contributed by atoms with E-state index >= 15 is 0 Å². The number of aromatic nitrogens is 4. The zero-order valence-electron chi connectivity index (χ0n) is 30.2. The Labute approximate surface area is 322 Å². The van der Waals surface area contributed by atoms with Crippen molar-refractivity contribution in [3.05, 3.63) is 194 Å². The lowest BCUT2D eigenvalue weighted by Crippen LogP contribution is -2.00. The summed E-state index contributed by atoms with van der Waals surface area (Å²) < 4.78 is 8.89. The summed E-state index contributed by atoms with van der Waals surface area (Å²) in [6.07, 6.45) is 0. The van der Waals surface area contributed by atoms with E-state index in [4.69, 9.17) is 19.4 Å². The molecule has 0 saturated carbocycles. The Balaban J connectivity index is 0.970. The van der Waals surface area contributed by atoms with Crippen LogP contribution in [0.15, 0.2) is 199 Å². The third-order valence-electron chi connectivity index (χ3n) is 10.7. The molecule has 5 nitrogen and oxygen atoms in total. The van der Waals surface area contributed by atoms with Gasteiger partial charge in [-0.05, 0) is 70.8 Å². The monoisotopic (exact) mass is 716 g/mol. The number of hydrogen-bond acceptors (Lipinski definition) is 4. The lowest BCUT2D eigenvalue weighted by molar-refractivity contribution is 0.669. The second kappa shape index (κ2) is 13.0. The van der Waals surface area contributed by atoms with Crippen molar-refractivity contribution < 1.29 is 4.42 Å². The first-order chi connectivity index (χ1) is 27.7. The maximum atomic E-state index is 6.54. The molecule has 0 radical (unpaired) electrons. The number of rotatable bonds is 6. The Morgan fingerprint density at radius 3 is 1.62 bits per heavy atom. The van der Waals surface area contributed by atoms with E-state index in [1.807, 2.05) is 72.8 Å². The second-order valence-electron chi connectivity index (χ2n) is 14.0. The zero-order chi connectivity index (χ0) is 37.0. The SMILES string of the molecule is c1ccc(-c2nc(-c3ccccc3)nc(-c3ccc4c(c3)oc3cccc(-c5ccc(-c6ccc7c(c6)c6ccccc6n7-c6ccccc6)cc5)c34)n2)cc1. The van der Waals surface area contributed by atoms with Crippen molar-refractivity contribution in [2.24, 2.45) is 0 Å². The summed E-state index contributed by atoms with van der Waals surface area (Å²) in [7, 11) is 0. The van der Waals surface area contributed by atoms with E-state index < -0.39 is 0 Å². The molecule has 0 aliphatic rings. The molecule has 0 aliphatic carbocycles. The molecular formula is C51H32N4O. The van der Waals surface area contributed by atoms with Crippen molar-refractivity contribution >= 4 is 43.7 Å². The average Bonchev–Trinajstić information content (AvgIpc) is 3.82. The van der Waals surface area contributed by atoms with Crippen LogP contribution in [0.3, 0.4) is 0 Å². The van der Waals surface area contributed by atoms with Crippen LogP contribution in [0, 0.1) is 0 Å². The summed E-state index contributed by atoms with van der Waals surface area (Å²) in [5.41, 5.74) is 12.5. The number of furan rings is 1. The highest BCUT2D eigenvalue weighted by molar-refractivity contribution is 6.13. The number of hydrogen-bond donors (Lipinski definition) is 0. The summed E-state index contributed by atoms with van der Waals surface area (Å²) in [6, 6.07) is 67.5. The molecule has 11 rings (SSSR count). The van der Waals surface area contributed by atoms with E-state index in [-0.39, 0.29) is 0 Å². The minimum Gasteiger partial charge on any atom is -0.456 e. The molecule has 0 aliphatic heterocycles. The molecule has 0 N–H and O–H groups in total. The van der Waals surface area contributed by atoms with E-state index in [1.54, 1.807) is 0 Å². The Morgan fingerprint density at radius 2 is 0.911 bits per heavy atom. The van der Waals surface area contributed by atoms with Crippen molar-refractivity contribution in [3.63, 3.8) is 0 Å². The van der Waals surface area contributed by atoms with E-state index in [9.17, 15) is 0 Å². The molecule has 3 aromatic heterocycles. The highest BCUT2D eigenvalue weighted by Crippen LogP contribution is 2.40. The molecule has 0 saturated heterocycles. The Kier molecular flexibility index (Phi) is 7.42. The first-order valence-corrected chi connectivity index (χ1v) is 18.8. The van der Waals surface area contributed by atoms with E-state index in [2.05, 4.69) is 126 Å². The quantitative estimate of drug-likeness (QED) is 0.172. The Hall–Kier alpha value is -7.63. The van der Waals surface area contributed by atoms with Crippen molar-refractivity contribution in [3.8, 4) is 62.1 Å². The first kappa shape index (κ1) is 31.9. The molecule has 262 valence electrons. The van der Waals surface area contributed by atoms with Gasteiger partial charge >= 0.3 is 0 Å². The molecule has 11 aromatic rings. The first-order valence-electron chi connectivity index (χ1n) is 18.8. The van der Waals surface area contributed by atoms with Crippen molar-refractivity contribution in [2.75, 3.05) is 0 Å². The normalized spacial score (nSPS) is 11.6. The summed E-state index contributed by atoms with van der Waals surface area (Å²) in [5.74, 6) is 1.85. The second-order valence-corrected chi connectivity index (χ2v) is 14.0. The smallest absolute Gasteiger partial charge is 0.164 e. The highest BCUT2D eigenvalue weighted by atomic mass is 16.3. The molecule has 0 spiro atoms. The lowest BCUT2D eigenvalue weighted by Gasteiger charge is -2.09. The van der Waals surface area contributed by atoms with Gasteiger partial charge < -0.3 is 8.98 Å². The summed E-state index contributed by atoms with van der Waals surface area (Å²) in [4.78, 5) is 14.7. The van der Waals surface area contributed by atoms with Gasteiger partial charge in [0.15, 0.2) is 17.5 Å².